The molecule has 0 amide bonds. The average Bonchev–Trinajstić information content (AvgIpc) is 2.08. The largest absolute Gasteiger partial charge is 0.478 e. The molecule has 70 valence electrons. The van der Waals surface area contributed by atoms with Crippen molar-refractivity contribution in [1.29, 1.82) is 0 Å². The molecule has 0 spiro atoms. The maximum absolute atomic E-state index is 10.5. The van der Waals surface area contributed by atoms with E-state index < -0.39 is 5.97 Å². The van der Waals surface area contributed by atoms with Crippen molar-refractivity contribution in [2.75, 3.05) is 6.61 Å². The molecule has 4 nitrogen and oxygen atoms in total. The predicted octanol–water partition coefficient (Wildman–Crippen LogP) is 1.83. The molecule has 0 fully saturated rings. The fraction of sp³-hybridized carbons (Fsp3) is 0.250. The highest BCUT2D eigenvalue weighted by atomic mass is 35.5. The molecule has 1 heterocycles. The minimum absolute atomic E-state index is 0.0495. The zero-order chi connectivity index (χ0) is 9.84. The van der Waals surface area contributed by atoms with E-state index in [1.165, 1.54) is 12.3 Å². The van der Waals surface area contributed by atoms with Gasteiger partial charge in [-0.3, -0.25) is 0 Å². The molecule has 13 heavy (non-hydrogen) atoms. The normalized spacial score (nSPS) is 9.69. The standard InChI is InChI=1S/C8H8ClNO3/c1-2-13-7-6(9)3-5(4-10-7)8(11)12/h3-4H,2H2,1H3,(H,11,12). The minimum atomic E-state index is -1.06. The summed E-state index contributed by atoms with van der Waals surface area (Å²) < 4.78 is 5.04. The van der Waals surface area contributed by atoms with Crippen molar-refractivity contribution >= 4 is 17.6 Å². The summed E-state index contributed by atoms with van der Waals surface area (Å²) in [5.41, 5.74) is 0.0495. The van der Waals surface area contributed by atoms with Crippen LogP contribution >= 0.6 is 11.6 Å². The fourth-order valence-electron chi connectivity index (χ4n) is 0.785. The number of aromatic nitrogens is 1. The quantitative estimate of drug-likeness (QED) is 0.811. The Morgan fingerprint density at radius 1 is 1.77 bits per heavy atom. The number of carbonyl (C=O) groups is 1. The summed E-state index contributed by atoms with van der Waals surface area (Å²) in [5.74, 6) is -0.799. The lowest BCUT2D eigenvalue weighted by Gasteiger charge is -2.03. The molecule has 0 aliphatic rings. The van der Waals surface area contributed by atoms with Crippen LogP contribution in [0.5, 0.6) is 5.88 Å². The zero-order valence-corrected chi connectivity index (χ0v) is 7.71. The minimum Gasteiger partial charge on any atom is -0.478 e. The number of pyridine rings is 1. The van der Waals surface area contributed by atoms with Crippen LogP contribution in [0.15, 0.2) is 12.3 Å². The van der Waals surface area contributed by atoms with Gasteiger partial charge in [0, 0.05) is 6.20 Å². The molecule has 1 aromatic rings. The van der Waals surface area contributed by atoms with Crippen molar-refractivity contribution in [2.45, 2.75) is 6.92 Å². The van der Waals surface area contributed by atoms with Crippen LogP contribution < -0.4 is 4.74 Å². The SMILES string of the molecule is CCOc1ncc(C(=O)O)cc1Cl. The second-order valence-electron chi connectivity index (χ2n) is 2.25. The van der Waals surface area contributed by atoms with E-state index in [-0.39, 0.29) is 16.5 Å². The first-order valence-electron chi connectivity index (χ1n) is 3.66. The first-order valence-corrected chi connectivity index (χ1v) is 4.04. The molecular weight excluding hydrogens is 194 g/mol. The summed E-state index contributed by atoms with van der Waals surface area (Å²) in [4.78, 5) is 14.2. The molecule has 1 aromatic heterocycles. The summed E-state index contributed by atoms with van der Waals surface area (Å²) in [6, 6.07) is 1.31. The van der Waals surface area contributed by atoms with E-state index in [2.05, 4.69) is 4.98 Å². The van der Waals surface area contributed by atoms with Crippen molar-refractivity contribution in [1.82, 2.24) is 4.98 Å². The lowest BCUT2D eigenvalue weighted by atomic mass is 10.3. The van der Waals surface area contributed by atoms with Crippen LogP contribution in [0.3, 0.4) is 0 Å². The van der Waals surface area contributed by atoms with E-state index in [0.29, 0.717) is 6.61 Å². The van der Waals surface area contributed by atoms with Crippen molar-refractivity contribution < 1.29 is 14.6 Å². The lowest BCUT2D eigenvalue weighted by Crippen LogP contribution is -2.00. The van der Waals surface area contributed by atoms with Gasteiger partial charge in [0.25, 0.3) is 0 Å². The summed E-state index contributed by atoms with van der Waals surface area (Å²) >= 11 is 5.70. The number of nitrogens with zero attached hydrogens (tertiary/aromatic N) is 1. The highest BCUT2D eigenvalue weighted by Gasteiger charge is 2.08. The van der Waals surface area contributed by atoms with E-state index in [9.17, 15) is 4.79 Å². The monoisotopic (exact) mass is 201 g/mol. The van der Waals surface area contributed by atoms with E-state index in [1.807, 2.05) is 0 Å². The van der Waals surface area contributed by atoms with Gasteiger partial charge in [-0.1, -0.05) is 11.6 Å². The molecule has 0 aliphatic heterocycles. The van der Waals surface area contributed by atoms with Gasteiger partial charge in [0.05, 0.1) is 12.2 Å². The molecule has 0 radical (unpaired) electrons. The Bertz CT molecular complexity index is 327. The molecule has 0 saturated heterocycles. The van der Waals surface area contributed by atoms with Crippen molar-refractivity contribution in [3.63, 3.8) is 0 Å². The third-order valence-electron chi connectivity index (χ3n) is 1.34. The van der Waals surface area contributed by atoms with Gasteiger partial charge < -0.3 is 9.84 Å². The molecule has 0 atom stereocenters. The van der Waals surface area contributed by atoms with Gasteiger partial charge in [0.2, 0.25) is 5.88 Å². The van der Waals surface area contributed by atoms with Gasteiger partial charge in [-0.2, -0.15) is 0 Å². The number of ether oxygens (including phenoxy) is 1. The molecular formula is C8H8ClNO3. The Morgan fingerprint density at radius 2 is 2.46 bits per heavy atom. The van der Waals surface area contributed by atoms with Gasteiger partial charge in [0.15, 0.2) is 0 Å². The van der Waals surface area contributed by atoms with Crippen LogP contribution in [0.2, 0.25) is 5.02 Å². The molecule has 0 aromatic carbocycles. The van der Waals surface area contributed by atoms with Gasteiger partial charge in [-0.15, -0.1) is 0 Å². The number of aromatic carboxylic acids is 1. The van der Waals surface area contributed by atoms with E-state index in [0.717, 1.165) is 0 Å². The van der Waals surface area contributed by atoms with Gasteiger partial charge in [-0.25, -0.2) is 9.78 Å². The van der Waals surface area contributed by atoms with E-state index in [4.69, 9.17) is 21.4 Å². The van der Waals surface area contributed by atoms with E-state index >= 15 is 0 Å². The first-order chi connectivity index (χ1) is 6.15. The zero-order valence-electron chi connectivity index (χ0n) is 6.95. The summed E-state index contributed by atoms with van der Waals surface area (Å²) in [5, 5.41) is 8.80. The third-order valence-corrected chi connectivity index (χ3v) is 1.61. The van der Waals surface area contributed by atoms with Crippen molar-refractivity contribution in [3.8, 4) is 5.88 Å². The topological polar surface area (TPSA) is 59.4 Å². The molecule has 5 heteroatoms. The van der Waals surface area contributed by atoms with Crippen LogP contribution in [0.25, 0.3) is 0 Å². The van der Waals surface area contributed by atoms with Crippen molar-refractivity contribution in [2.24, 2.45) is 0 Å². The summed E-state index contributed by atoms with van der Waals surface area (Å²) in [7, 11) is 0. The predicted molar refractivity (Wildman–Crippen MR) is 47.4 cm³/mol. The average molecular weight is 202 g/mol. The highest BCUT2D eigenvalue weighted by molar-refractivity contribution is 6.32. The summed E-state index contributed by atoms with van der Waals surface area (Å²) in [6.45, 7) is 2.24. The Hall–Kier alpha value is -1.29. The van der Waals surface area contributed by atoms with Crippen LogP contribution in [0, 0.1) is 0 Å². The maximum Gasteiger partial charge on any atom is 0.337 e. The second kappa shape index (κ2) is 4.09. The van der Waals surface area contributed by atoms with Crippen molar-refractivity contribution in [3.05, 3.63) is 22.8 Å². The maximum atomic E-state index is 10.5. The number of rotatable bonds is 3. The van der Waals surface area contributed by atoms with Crippen LogP contribution in [-0.2, 0) is 0 Å². The molecule has 1 N–H and O–H groups in total. The van der Waals surface area contributed by atoms with Gasteiger partial charge in [0.1, 0.15) is 5.02 Å². The number of carboxylic acids is 1. The summed E-state index contributed by atoms with van der Waals surface area (Å²) in [6.07, 6.45) is 1.21. The van der Waals surface area contributed by atoms with Crippen LogP contribution in [-0.4, -0.2) is 22.7 Å². The third kappa shape index (κ3) is 2.32. The number of carboxylic acid groups (broad SMARTS) is 1. The lowest BCUT2D eigenvalue weighted by molar-refractivity contribution is 0.0696. The molecule has 0 unspecified atom stereocenters. The first kappa shape index (κ1) is 9.80. The number of halogens is 1. The number of hydrogen-bond acceptors (Lipinski definition) is 3. The Kier molecular flexibility index (Phi) is 3.08. The fourth-order valence-corrected chi connectivity index (χ4v) is 1.01. The van der Waals surface area contributed by atoms with Crippen LogP contribution in [0.1, 0.15) is 17.3 Å². The second-order valence-corrected chi connectivity index (χ2v) is 2.66. The molecule has 0 saturated carbocycles. The molecule has 0 aliphatic carbocycles. The smallest absolute Gasteiger partial charge is 0.337 e. The molecule has 1 rings (SSSR count). The molecule has 0 bridgehead atoms. The van der Waals surface area contributed by atoms with Gasteiger partial charge in [-0.05, 0) is 13.0 Å². The Balaban J connectivity index is 2.98. The Labute approximate surface area is 80.1 Å². The Morgan fingerprint density at radius 3 is 2.92 bits per heavy atom. The van der Waals surface area contributed by atoms with Gasteiger partial charge >= 0.3 is 5.97 Å². The van der Waals surface area contributed by atoms with E-state index in [1.54, 1.807) is 6.92 Å². The van der Waals surface area contributed by atoms with Crippen LogP contribution in [0.4, 0.5) is 0 Å². The highest BCUT2D eigenvalue weighted by Crippen LogP contribution is 2.22. The number of hydrogen-bond donors (Lipinski definition) is 1.